The second-order valence-electron chi connectivity index (χ2n) is 3.47. The second-order valence-corrected chi connectivity index (χ2v) is 3.47. The number of amides is 1. The summed E-state index contributed by atoms with van der Waals surface area (Å²) >= 11 is 0. The molecule has 0 unspecified atom stereocenters. The molecular formula is C9H13N3O2. The van der Waals surface area contributed by atoms with Crippen molar-refractivity contribution in [1.29, 1.82) is 0 Å². The lowest BCUT2D eigenvalue weighted by Crippen LogP contribution is -2.25. The Morgan fingerprint density at radius 1 is 1.71 bits per heavy atom. The van der Waals surface area contributed by atoms with E-state index in [-0.39, 0.29) is 5.91 Å². The minimum absolute atomic E-state index is 0.226. The summed E-state index contributed by atoms with van der Waals surface area (Å²) in [6, 6.07) is 1.80. The fourth-order valence-electron chi connectivity index (χ4n) is 1.29. The molecule has 0 bridgehead atoms. The van der Waals surface area contributed by atoms with Crippen LogP contribution >= 0.6 is 0 Å². The molecule has 1 N–H and O–H groups in total. The van der Waals surface area contributed by atoms with Gasteiger partial charge in [0.15, 0.2) is 5.69 Å². The monoisotopic (exact) mass is 195 g/mol. The molecule has 0 aliphatic heterocycles. The lowest BCUT2D eigenvalue weighted by atomic mass is 10.2. The fourth-order valence-corrected chi connectivity index (χ4v) is 1.29. The highest BCUT2D eigenvalue weighted by Gasteiger charge is 2.27. The van der Waals surface area contributed by atoms with E-state index in [1.165, 1.54) is 20.0 Å². The van der Waals surface area contributed by atoms with Gasteiger partial charge in [-0.25, -0.2) is 5.06 Å². The van der Waals surface area contributed by atoms with Crippen molar-refractivity contribution in [3.05, 3.63) is 17.5 Å². The Balaban J connectivity index is 2.11. The molecule has 1 aromatic rings. The fraction of sp³-hybridized carbons (Fsp3) is 0.556. The highest BCUT2D eigenvalue weighted by molar-refractivity contribution is 5.91. The van der Waals surface area contributed by atoms with Crippen LogP contribution in [0.15, 0.2) is 6.07 Å². The average molecular weight is 195 g/mol. The van der Waals surface area contributed by atoms with Crippen molar-refractivity contribution in [2.45, 2.75) is 18.8 Å². The molecule has 1 saturated carbocycles. The van der Waals surface area contributed by atoms with E-state index in [9.17, 15) is 4.79 Å². The number of nitrogens with zero attached hydrogens (tertiary/aromatic N) is 2. The smallest absolute Gasteiger partial charge is 0.281 e. The Kier molecular flexibility index (Phi) is 2.25. The number of rotatable bonds is 3. The highest BCUT2D eigenvalue weighted by Crippen LogP contribution is 2.39. The van der Waals surface area contributed by atoms with Gasteiger partial charge >= 0.3 is 0 Å². The molecular weight excluding hydrogens is 182 g/mol. The van der Waals surface area contributed by atoms with Crippen molar-refractivity contribution in [3.63, 3.8) is 0 Å². The van der Waals surface area contributed by atoms with Gasteiger partial charge in [0, 0.05) is 18.7 Å². The van der Waals surface area contributed by atoms with Crippen molar-refractivity contribution in [1.82, 2.24) is 15.3 Å². The molecule has 1 heterocycles. The predicted octanol–water partition coefficient (Wildman–Crippen LogP) is 0.920. The summed E-state index contributed by atoms with van der Waals surface area (Å²) in [6.45, 7) is 0. The van der Waals surface area contributed by atoms with Crippen LogP contribution in [0.2, 0.25) is 0 Å². The maximum Gasteiger partial charge on any atom is 0.297 e. The summed E-state index contributed by atoms with van der Waals surface area (Å²) in [5, 5.41) is 7.98. The predicted molar refractivity (Wildman–Crippen MR) is 49.7 cm³/mol. The third kappa shape index (κ3) is 1.63. The van der Waals surface area contributed by atoms with E-state index in [4.69, 9.17) is 4.84 Å². The number of carbonyl (C=O) groups excluding carboxylic acids is 1. The van der Waals surface area contributed by atoms with Crippen molar-refractivity contribution in [2.24, 2.45) is 0 Å². The lowest BCUT2D eigenvalue weighted by Gasteiger charge is -2.10. The zero-order chi connectivity index (χ0) is 10.1. The van der Waals surface area contributed by atoms with Crippen LogP contribution in [0.25, 0.3) is 0 Å². The first-order valence-electron chi connectivity index (χ1n) is 4.60. The Hall–Kier alpha value is -1.36. The number of H-pyrrole nitrogens is 1. The molecule has 0 spiro atoms. The van der Waals surface area contributed by atoms with E-state index in [0.29, 0.717) is 11.6 Å². The van der Waals surface area contributed by atoms with Crippen LogP contribution in [-0.2, 0) is 4.84 Å². The molecule has 2 rings (SSSR count). The minimum atomic E-state index is -0.226. The quantitative estimate of drug-likeness (QED) is 0.729. The van der Waals surface area contributed by atoms with E-state index in [1.807, 2.05) is 0 Å². The SMILES string of the molecule is CON(C)C(=O)c1cc(C2CC2)[nH]n1. The lowest BCUT2D eigenvalue weighted by molar-refractivity contribution is -0.0760. The van der Waals surface area contributed by atoms with Crippen molar-refractivity contribution < 1.29 is 9.63 Å². The van der Waals surface area contributed by atoms with Crippen molar-refractivity contribution >= 4 is 5.91 Å². The van der Waals surface area contributed by atoms with Gasteiger partial charge in [0.1, 0.15) is 0 Å². The Bertz CT molecular complexity index is 344. The normalized spacial score (nSPS) is 15.6. The first-order chi connectivity index (χ1) is 6.72. The molecule has 0 radical (unpaired) electrons. The molecule has 76 valence electrons. The first kappa shape index (κ1) is 9.21. The standard InChI is InChI=1S/C9H13N3O2/c1-12(14-2)9(13)8-5-7(10-11-8)6-3-4-6/h5-6H,3-4H2,1-2H3,(H,10,11). The third-order valence-corrected chi connectivity index (χ3v) is 2.39. The Labute approximate surface area is 82.0 Å². The van der Waals surface area contributed by atoms with E-state index in [0.717, 1.165) is 10.8 Å². The van der Waals surface area contributed by atoms with Crippen LogP contribution in [-0.4, -0.2) is 35.3 Å². The van der Waals surface area contributed by atoms with Crippen LogP contribution in [0.3, 0.4) is 0 Å². The average Bonchev–Trinajstić information content (AvgIpc) is 2.94. The zero-order valence-electron chi connectivity index (χ0n) is 8.28. The van der Waals surface area contributed by atoms with Gasteiger partial charge < -0.3 is 0 Å². The van der Waals surface area contributed by atoms with E-state index in [1.54, 1.807) is 13.1 Å². The maximum atomic E-state index is 11.6. The Morgan fingerprint density at radius 2 is 2.43 bits per heavy atom. The second kappa shape index (κ2) is 3.42. The third-order valence-electron chi connectivity index (χ3n) is 2.39. The summed E-state index contributed by atoms with van der Waals surface area (Å²) in [5.74, 6) is 0.354. The van der Waals surface area contributed by atoms with Gasteiger partial charge in [-0.05, 0) is 18.9 Å². The largest absolute Gasteiger partial charge is 0.297 e. The van der Waals surface area contributed by atoms with Gasteiger partial charge in [0.2, 0.25) is 0 Å². The molecule has 0 atom stereocenters. The number of hydrogen-bond donors (Lipinski definition) is 1. The Morgan fingerprint density at radius 3 is 3.00 bits per heavy atom. The van der Waals surface area contributed by atoms with Gasteiger partial charge in [-0.15, -0.1) is 0 Å². The number of hydrogen-bond acceptors (Lipinski definition) is 3. The van der Waals surface area contributed by atoms with Gasteiger partial charge in [0.25, 0.3) is 5.91 Å². The summed E-state index contributed by atoms with van der Waals surface area (Å²) in [7, 11) is 3.01. The topological polar surface area (TPSA) is 58.2 Å². The van der Waals surface area contributed by atoms with Crippen molar-refractivity contribution in [2.75, 3.05) is 14.2 Å². The van der Waals surface area contributed by atoms with Gasteiger partial charge in [-0.2, -0.15) is 5.10 Å². The van der Waals surface area contributed by atoms with Crippen LogP contribution < -0.4 is 0 Å². The van der Waals surface area contributed by atoms with E-state index < -0.39 is 0 Å². The number of aromatic nitrogens is 2. The van der Waals surface area contributed by atoms with Gasteiger partial charge in [0.05, 0.1) is 7.11 Å². The number of carbonyl (C=O) groups is 1. The summed E-state index contributed by atoms with van der Waals surface area (Å²) in [6.07, 6.45) is 2.38. The molecule has 1 amide bonds. The first-order valence-corrected chi connectivity index (χ1v) is 4.60. The molecule has 0 saturated heterocycles. The van der Waals surface area contributed by atoms with E-state index in [2.05, 4.69) is 10.2 Å². The maximum absolute atomic E-state index is 11.6. The van der Waals surface area contributed by atoms with Crippen molar-refractivity contribution in [3.8, 4) is 0 Å². The molecule has 1 aliphatic rings. The molecule has 14 heavy (non-hydrogen) atoms. The summed E-state index contributed by atoms with van der Waals surface area (Å²) in [5.41, 5.74) is 1.47. The molecule has 0 aromatic carbocycles. The van der Waals surface area contributed by atoms with Crippen LogP contribution in [0.4, 0.5) is 0 Å². The van der Waals surface area contributed by atoms with Crippen LogP contribution in [0.5, 0.6) is 0 Å². The molecule has 1 aliphatic carbocycles. The summed E-state index contributed by atoms with van der Waals surface area (Å²) < 4.78 is 0. The van der Waals surface area contributed by atoms with Gasteiger partial charge in [-0.3, -0.25) is 14.7 Å². The molecule has 1 aromatic heterocycles. The summed E-state index contributed by atoms with van der Waals surface area (Å²) in [4.78, 5) is 16.3. The molecule has 5 nitrogen and oxygen atoms in total. The highest BCUT2D eigenvalue weighted by atomic mass is 16.7. The van der Waals surface area contributed by atoms with Gasteiger partial charge in [-0.1, -0.05) is 0 Å². The van der Waals surface area contributed by atoms with Crippen LogP contribution in [0, 0.1) is 0 Å². The number of hydroxylamine groups is 2. The zero-order valence-corrected chi connectivity index (χ0v) is 8.28. The molecule has 1 fully saturated rings. The van der Waals surface area contributed by atoms with E-state index >= 15 is 0 Å². The van der Waals surface area contributed by atoms with Crippen LogP contribution in [0.1, 0.15) is 34.9 Å². The number of nitrogens with one attached hydrogen (secondary N) is 1. The molecule has 5 heteroatoms. The number of aromatic amines is 1. The minimum Gasteiger partial charge on any atom is -0.281 e.